The number of hydrogen-bond acceptors (Lipinski definition) is 3. The van der Waals surface area contributed by atoms with Crippen molar-refractivity contribution in [3.05, 3.63) is 0 Å². The zero-order chi connectivity index (χ0) is 9.86. The van der Waals surface area contributed by atoms with Gasteiger partial charge in [-0.3, -0.25) is 0 Å². The molecule has 3 nitrogen and oxygen atoms in total. The van der Waals surface area contributed by atoms with E-state index < -0.39 is 0 Å². The molecular weight excluding hydrogens is 178 g/mol. The van der Waals surface area contributed by atoms with Crippen molar-refractivity contribution in [1.29, 1.82) is 0 Å². The monoisotopic (exact) mass is 199 g/mol. The summed E-state index contributed by atoms with van der Waals surface area (Å²) in [4.78, 5) is 0. The maximum absolute atomic E-state index is 9.40. The Labute approximate surface area is 85.8 Å². The van der Waals surface area contributed by atoms with Gasteiger partial charge in [-0.05, 0) is 38.1 Å². The Morgan fingerprint density at radius 3 is 2.86 bits per heavy atom. The van der Waals surface area contributed by atoms with Crippen LogP contribution in [0.1, 0.15) is 25.7 Å². The van der Waals surface area contributed by atoms with Gasteiger partial charge in [0.15, 0.2) is 0 Å². The normalized spacial score (nSPS) is 33.2. The summed E-state index contributed by atoms with van der Waals surface area (Å²) in [5.41, 5.74) is 0.00708. The fourth-order valence-corrected chi connectivity index (χ4v) is 2.06. The van der Waals surface area contributed by atoms with Gasteiger partial charge in [0, 0.05) is 18.6 Å². The topological polar surface area (TPSA) is 41.5 Å². The largest absolute Gasteiger partial charge is 0.396 e. The number of ether oxygens (including phenoxy) is 1. The van der Waals surface area contributed by atoms with Crippen LogP contribution in [0.4, 0.5) is 0 Å². The standard InChI is InChI=1S/C11H21NO2/c13-8-11(4-1-5-12-7-11)9-14-6-10-2-3-10/h10,12-13H,1-9H2. The number of nitrogens with one attached hydrogen (secondary N) is 1. The van der Waals surface area contributed by atoms with Crippen LogP contribution in [0.25, 0.3) is 0 Å². The van der Waals surface area contributed by atoms with Crippen LogP contribution in [0.3, 0.4) is 0 Å². The molecule has 0 aromatic rings. The lowest BCUT2D eigenvalue weighted by Gasteiger charge is -2.35. The third-order valence-corrected chi connectivity index (χ3v) is 3.35. The molecule has 2 rings (SSSR count). The number of piperidine rings is 1. The average molecular weight is 199 g/mol. The minimum Gasteiger partial charge on any atom is -0.396 e. The van der Waals surface area contributed by atoms with Gasteiger partial charge in [0.1, 0.15) is 0 Å². The highest BCUT2D eigenvalue weighted by Gasteiger charge is 2.32. The molecule has 0 bridgehead atoms. The Balaban J connectivity index is 1.71. The van der Waals surface area contributed by atoms with Crippen molar-refractivity contribution < 1.29 is 9.84 Å². The fraction of sp³-hybridized carbons (Fsp3) is 1.00. The molecule has 3 heteroatoms. The van der Waals surface area contributed by atoms with E-state index in [2.05, 4.69) is 5.32 Å². The van der Waals surface area contributed by atoms with Gasteiger partial charge in [-0.2, -0.15) is 0 Å². The van der Waals surface area contributed by atoms with Crippen LogP contribution in [-0.4, -0.2) is 38.0 Å². The van der Waals surface area contributed by atoms with Crippen LogP contribution in [-0.2, 0) is 4.74 Å². The first-order chi connectivity index (χ1) is 6.85. The molecule has 14 heavy (non-hydrogen) atoms. The predicted octanol–water partition coefficient (Wildman–Crippen LogP) is 0.775. The maximum Gasteiger partial charge on any atom is 0.0556 e. The van der Waals surface area contributed by atoms with Crippen LogP contribution in [0.5, 0.6) is 0 Å². The van der Waals surface area contributed by atoms with Crippen molar-refractivity contribution >= 4 is 0 Å². The van der Waals surface area contributed by atoms with E-state index >= 15 is 0 Å². The lowest BCUT2D eigenvalue weighted by Crippen LogP contribution is -2.45. The van der Waals surface area contributed by atoms with Crippen molar-refractivity contribution in [2.75, 3.05) is 32.9 Å². The first kappa shape index (κ1) is 10.4. The molecule has 2 aliphatic rings. The van der Waals surface area contributed by atoms with E-state index in [4.69, 9.17) is 4.74 Å². The lowest BCUT2D eigenvalue weighted by atomic mass is 9.82. The molecule has 1 aliphatic heterocycles. The summed E-state index contributed by atoms with van der Waals surface area (Å²) in [5, 5.41) is 12.7. The number of aliphatic hydroxyl groups excluding tert-OH is 1. The van der Waals surface area contributed by atoms with Gasteiger partial charge in [0.2, 0.25) is 0 Å². The molecule has 1 atom stereocenters. The minimum absolute atomic E-state index is 0.00708. The van der Waals surface area contributed by atoms with E-state index in [1.807, 2.05) is 0 Å². The molecule has 1 unspecified atom stereocenters. The quantitative estimate of drug-likeness (QED) is 0.687. The summed E-state index contributed by atoms with van der Waals surface area (Å²) in [6, 6.07) is 0. The second-order valence-electron chi connectivity index (χ2n) is 4.90. The third kappa shape index (κ3) is 2.69. The summed E-state index contributed by atoms with van der Waals surface area (Å²) in [7, 11) is 0. The summed E-state index contributed by atoms with van der Waals surface area (Å²) in [6.07, 6.45) is 4.93. The number of aliphatic hydroxyl groups is 1. The van der Waals surface area contributed by atoms with Crippen molar-refractivity contribution in [3.8, 4) is 0 Å². The zero-order valence-electron chi connectivity index (χ0n) is 8.80. The highest BCUT2D eigenvalue weighted by atomic mass is 16.5. The molecule has 1 saturated carbocycles. The van der Waals surface area contributed by atoms with Gasteiger partial charge in [-0.15, -0.1) is 0 Å². The zero-order valence-corrected chi connectivity index (χ0v) is 8.80. The molecule has 0 amide bonds. The summed E-state index contributed by atoms with van der Waals surface area (Å²) in [6.45, 7) is 3.89. The fourth-order valence-electron chi connectivity index (χ4n) is 2.06. The molecule has 2 fully saturated rings. The molecule has 1 aliphatic carbocycles. The van der Waals surface area contributed by atoms with Crippen LogP contribution < -0.4 is 5.32 Å². The molecule has 0 spiro atoms. The lowest BCUT2D eigenvalue weighted by molar-refractivity contribution is -0.0111. The van der Waals surface area contributed by atoms with Crippen LogP contribution in [0.15, 0.2) is 0 Å². The Hall–Kier alpha value is -0.120. The van der Waals surface area contributed by atoms with Gasteiger partial charge in [0.25, 0.3) is 0 Å². The van der Waals surface area contributed by atoms with Crippen LogP contribution in [0.2, 0.25) is 0 Å². The van der Waals surface area contributed by atoms with Crippen molar-refractivity contribution in [3.63, 3.8) is 0 Å². The highest BCUT2D eigenvalue weighted by Crippen LogP contribution is 2.31. The van der Waals surface area contributed by atoms with Crippen LogP contribution >= 0.6 is 0 Å². The van der Waals surface area contributed by atoms with Gasteiger partial charge in [-0.1, -0.05) is 0 Å². The average Bonchev–Trinajstić information content (AvgIpc) is 3.03. The molecule has 0 aromatic heterocycles. The molecular formula is C11H21NO2. The summed E-state index contributed by atoms with van der Waals surface area (Å²) >= 11 is 0. The predicted molar refractivity (Wildman–Crippen MR) is 55.2 cm³/mol. The van der Waals surface area contributed by atoms with Crippen molar-refractivity contribution in [2.24, 2.45) is 11.3 Å². The Kier molecular flexibility index (Phi) is 3.42. The molecule has 82 valence electrons. The first-order valence-corrected chi connectivity index (χ1v) is 5.74. The van der Waals surface area contributed by atoms with E-state index in [-0.39, 0.29) is 12.0 Å². The third-order valence-electron chi connectivity index (χ3n) is 3.35. The van der Waals surface area contributed by atoms with Crippen LogP contribution in [0, 0.1) is 11.3 Å². The van der Waals surface area contributed by atoms with E-state index in [0.717, 1.165) is 45.1 Å². The highest BCUT2D eigenvalue weighted by molar-refractivity contribution is 4.85. The molecule has 1 saturated heterocycles. The van der Waals surface area contributed by atoms with E-state index in [1.165, 1.54) is 12.8 Å². The van der Waals surface area contributed by atoms with Gasteiger partial charge in [0.05, 0.1) is 13.2 Å². The number of hydrogen-bond donors (Lipinski definition) is 2. The Morgan fingerprint density at radius 2 is 2.29 bits per heavy atom. The second kappa shape index (κ2) is 4.60. The summed E-state index contributed by atoms with van der Waals surface area (Å²) < 4.78 is 5.69. The SMILES string of the molecule is OCC1(COCC2CC2)CCCNC1. The molecule has 2 N–H and O–H groups in total. The smallest absolute Gasteiger partial charge is 0.0556 e. The molecule has 0 radical (unpaired) electrons. The van der Waals surface area contributed by atoms with E-state index in [1.54, 1.807) is 0 Å². The second-order valence-corrected chi connectivity index (χ2v) is 4.90. The van der Waals surface area contributed by atoms with Gasteiger partial charge < -0.3 is 15.2 Å². The van der Waals surface area contributed by atoms with Crippen molar-refractivity contribution in [1.82, 2.24) is 5.32 Å². The molecule has 0 aromatic carbocycles. The maximum atomic E-state index is 9.40. The van der Waals surface area contributed by atoms with Crippen molar-refractivity contribution in [2.45, 2.75) is 25.7 Å². The number of rotatable bonds is 5. The van der Waals surface area contributed by atoms with E-state index in [9.17, 15) is 5.11 Å². The first-order valence-electron chi connectivity index (χ1n) is 5.74. The van der Waals surface area contributed by atoms with Gasteiger partial charge in [-0.25, -0.2) is 0 Å². The summed E-state index contributed by atoms with van der Waals surface area (Å²) in [5.74, 6) is 0.822. The minimum atomic E-state index is 0.00708. The Morgan fingerprint density at radius 1 is 1.43 bits per heavy atom. The van der Waals surface area contributed by atoms with E-state index in [0.29, 0.717) is 0 Å². The van der Waals surface area contributed by atoms with Gasteiger partial charge >= 0.3 is 0 Å². The Bertz CT molecular complexity index is 174. The molecule has 1 heterocycles.